The second-order valence-electron chi connectivity index (χ2n) is 3.83. The van der Waals surface area contributed by atoms with Crippen LogP contribution in [0.25, 0.3) is 0 Å². The summed E-state index contributed by atoms with van der Waals surface area (Å²) >= 11 is 3.07. The van der Waals surface area contributed by atoms with Crippen LogP contribution in [0.1, 0.15) is 0 Å². The first kappa shape index (κ1) is 12.0. The molecule has 2 rings (SSSR count). The number of hydrogen-bond acceptors (Lipinski definition) is 7. The average Bonchev–Trinajstić information content (AvgIpc) is 2.63. The summed E-state index contributed by atoms with van der Waals surface area (Å²) in [4.78, 5) is 3.39. The molecular weight excluding hydrogens is 242 g/mol. The molecule has 5 nitrogen and oxygen atoms in total. The third-order valence-electron chi connectivity index (χ3n) is 2.64. The number of likely N-dealkylation sites (N-methyl/N-ethyl adjacent to an activating group) is 1. The quantitative estimate of drug-likeness (QED) is 0.791. The van der Waals surface area contributed by atoms with Crippen molar-refractivity contribution in [3.8, 4) is 0 Å². The minimum atomic E-state index is 0.633. The van der Waals surface area contributed by atoms with E-state index in [1.807, 2.05) is 6.26 Å². The van der Waals surface area contributed by atoms with Gasteiger partial charge in [-0.2, -0.15) is 4.37 Å². The maximum Gasteiger partial charge on any atom is 0.153 e. The Labute approximate surface area is 104 Å². The number of nitrogens with zero attached hydrogens (tertiary/aromatic N) is 3. The monoisotopic (exact) mass is 259 g/mol. The largest absolute Gasteiger partial charge is 0.382 e. The number of nitrogens with one attached hydrogen (secondary N) is 1. The summed E-state index contributed by atoms with van der Waals surface area (Å²) < 4.78 is 4.17. The van der Waals surface area contributed by atoms with E-state index < -0.39 is 0 Å². The van der Waals surface area contributed by atoms with E-state index in [0.29, 0.717) is 5.82 Å². The highest BCUT2D eigenvalue weighted by Crippen LogP contribution is 2.34. The summed E-state index contributed by atoms with van der Waals surface area (Å²) in [7, 11) is 2.15. The zero-order valence-electron chi connectivity index (χ0n) is 9.56. The Morgan fingerprint density at radius 1 is 1.38 bits per heavy atom. The van der Waals surface area contributed by atoms with Gasteiger partial charge in [0.15, 0.2) is 5.82 Å². The Kier molecular flexibility index (Phi) is 3.91. The number of hydrazine groups is 1. The van der Waals surface area contributed by atoms with Gasteiger partial charge < -0.3 is 16.1 Å². The molecule has 0 aromatic carbocycles. The Hall–Kier alpha value is -0.500. The van der Waals surface area contributed by atoms with Gasteiger partial charge in [0, 0.05) is 26.2 Å². The molecule has 2 heterocycles. The number of thioether (sulfide) groups is 1. The van der Waals surface area contributed by atoms with Crippen molar-refractivity contribution in [2.75, 3.05) is 50.6 Å². The van der Waals surface area contributed by atoms with E-state index >= 15 is 0 Å². The van der Waals surface area contributed by atoms with Crippen LogP contribution in [0.15, 0.2) is 4.90 Å². The number of aromatic nitrogens is 1. The molecule has 7 heteroatoms. The second-order valence-corrected chi connectivity index (χ2v) is 5.42. The van der Waals surface area contributed by atoms with Crippen LogP contribution in [-0.2, 0) is 0 Å². The molecule has 1 aromatic rings. The van der Waals surface area contributed by atoms with Crippen molar-refractivity contribution in [3.63, 3.8) is 0 Å². The first-order chi connectivity index (χ1) is 7.70. The zero-order chi connectivity index (χ0) is 11.5. The van der Waals surface area contributed by atoms with Crippen molar-refractivity contribution in [2.45, 2.75) is 4.90 Å². The van der Waals surface area contributed by atoms with Crippen molar-refractivity contribution in [3.05, 3.63) is 0 Å². The lowest BCUT2D eigenvalue weighted by atomic mass is 10.4. The Morgan fingerprint density at radius 2 is 2.06 bits per heavy atom. The average molecular weight is 259 g/mol. The molecule has 3 N–H and O–H groups in total. The van der Waals surface area contributed by atoms with Gasteiger partial charge in [0.2, 0.25) is 0 Å². The molecular formula is C9H17N5S2. The molecule has 0 saturated carbocycles. The highest BCUT2D eigenvalue weighted by atomic mass is 32.2. The van der Waals surface area contributed by atoms with Crippen LogP contribution >= 0.6 is 23.3 Å². The number of hydrogen-bond donors (Lipinski definition) is 2. The molecule has 0 unspecified atom stereocenters. The SMILES string of the molecule is CSc1c(N)nsc1NN1CCN(C)CC1. The summed E-state index contributed by atoms with van der Waals surface area (Å²) in [5, 5.41) is 3.29. The third kappa shape index (κ3) is 2.60. The molecule has 0 bridgehead atoms. The number of piperazine rings is 1. The van der Waals surface area contributed by atoms with Crippen LogP contribution < -0.4 is 11.2 Å². The summed E-state index contributed by atoms with van der Waals surface area (Å²) in [5.41, 5.74) is 9.19. The van der Waals surface area contributed by atoms with Gasteiger partial charge in [0.25, 0.3) is 0 Å². The van der Waals surface area contributed by atoms with Gasteiger partial charge in [-0.1, -0.05) is 0 Å². The molecule has 0 spiro atoms. The van der Waals surface area contributed by atoms with E-state index in [1.54, 1.807) is 11.8 Å². The number of anilines is 2. The predicted octanol–water partition coefficient (Wildman–Crippen LogP) is 1.02. The maximum absolute atomic E-state index is 5.79. The van der Waals surface area contributed by atoms with Crippen LogP contribution in [0, 0.1) is 0 Å². The lowest BCUT2D eigenvalue weighted by Crippen LogP contribution is -2.46. The fraction of sp³-hybridized carbons (Fsp3) is 0.667. The third-order valence-corrected chi connectivity index (χ3v) is 4.36. The molecule has 0 aliphatic carbocycles. The highest BCUT2D eigenvalue weighted by molar-refractivity contribution is 7.99. The maximum atomic E-state index is 5.79. The molecule has 90 valence electrons. The van der Waals surface area contributed by atoms with Crippen molar-refractivity contribution < 1.29 is 0 Å². The van der Waals surface area contributed by atoms with E-state index in [1.165, 1.54) is 11.5 Å². The van der Waals surface area contributed by atoms with Gasteiger partial charge in [-0.05, 0) is 24.8 Å². The van der Waals surface area contributed by atoms with E-state index in [4.69, 9.17) is 5.73 Å². The van der Waals surface area contributed by atoms with Crippen LogP contribution in [0.2, 0.25) is 0 Å². The fourth-order valence-corrected chi connectivity index (χ4v) is 3.17. The molecule has 1 aliphatic rings. The molecule has 1 aromatic heterocycles. The fourth-order valence-electron chi connectivity index (χ4n) is 1.62. The number of rotatable bonds is 3. The lowest BCUT2D eigenvalue weighted by Gasteiger charge is -2.32. The van der Waals surface area contributed by atoms with Crippen molar-refractivity contribution in [1.82, 2.24) is 14.3 Å². The minimum Gasteiger partial charge on any atom is -0.382 e. The van der Waals surface area contributed by atoms with Gasteiger partial charge >= 0.3 is 0 Å². The van der Waals surface area contributed by atoms with Gasteiger partial charge in [0.05, 0.1) is 4.90 Å². The van der Waals surface area contributed by atoms with E-state index in [2.05, 4.69) is 26.8 Å². The Bertz CT molecular complexity index is 346. The van der Waals surface area contributed by atoms with E-state index in [-0.39, 0.29) is 0 Å². The molecule has 1 aliphatic heterocycles. The topological polar surface area (TPSA) is 57.4 Å². The van der Waals surface area contributed by atoms with E-state index in [0.717, 1.165) is 36.1 Å². The van der Waals surface area contributed by atoms with Gasteiger partial charge in [-0.3, -0.25) is 0 Å². The molecule has 0 amide bonds. The summed E-state index contributed by atoms with van der Waals surface area (Å²) in [6.07, 6.45) is 2.02. The summed E-state index contributed by atoms with van der Waals surface area (Å²) in [6, 6.07) is 0. The van der Waals surface area contributed by atoms with Crippen LogP contribution in [0.4, 0.5) is 10.8 Å². The van der Waals surface area contributed by atoms with Gasteiger partial charge in [0.1, 0.15) is 5.00 Å². The van der Waals surface area contributed by atoms with Crippen LogP contribution in [0.3, 0.4) is 0 Å². The van der Waals surface area contributed by atoms with Crippen LogP contribution in [0.5, 0.6) is 0 Å². The zero-order valence-corrected chi connectivity index (χ0v) is 11.2. The second kappa shape index (κ2) is 5.22. The predicted molar refractivity (Wildman–Crippen MR) is 71.0 cm³/mol. The lowest BCUT2D eigenvalue weighted by molar-refractivity contribution is 0.179. The molecule has 16 heavy (non-hydrogen) atoms. The van der Waals surface area contributed by atoms with Crippen molar-refractivity contribution >= 4 is 34.1 Å². The molecule has 0 atom stereocenters. The Balaban J connectivity index is 1.98. The van der Waals surface area contributed by atoms with Crippen LogP contribution in [-0.4, -0.2) is 53.8 Å². The smallest absolute Gasteiger partial charge is 0.153 e. The molecule has 1 saturated heterocycles. The van der Waals surface area contributed by atoms with Crippen molar-refractivity contribution in [2.24, 2.45) is 0 Å². The normalized spacial score (nSPS) is 18.9. The molecule has 0 radical (unpaired) electrons. The molecule has 1 fully saturated rings. The summed E-state index contributed by atoms with van der Waals surface area (Å²) in [5.74, 6) is 0.633. The minimum absolute atomic E-state index is 0.633. The first-order valence-electron chi connectivity index (χ1n) is 5.20. The Morgan fingerprint density at radius 3 is 2.69 bits per heavy atom. The van der Waals surface area contributed by atoms with Gasteiger partial charge in [-0.25, -0.2) is 5.01 Å². The number of nitrogen functional groups attached to an aromatic ring is 1. The van der Waals surface area contributed by atoms with Gasteiger partial charge in [-0.15, -0.1) is 11.8 Å². The van der Waals surface area contributed by atoms with E-state index in [9.17, 15) is 0 Å². The summed E-state index contributed by atoms with van der Waals surface area (Å²) in [6.45, 7) is 4.25. The van der Waals surface area contributed by atoms with Crippen molar-refractivity contribution in [1.29, 1.82) is 0 Å². The first-order valence-corrected chi connectivity index (χ1v) is 7.20. The number of nitrogens with two attached hydrogens (primary N) is 1. The highest BCUT2D eigenvalue weighted by Gasteiger charge is 2.17. The standard InChI is InChI=1S/C9H17N5S2/c1-13-3-5-14(6-4-13)11-9-7(15-2)8(10)12-16-9/h11H,3-6H2,1-2H3,(H2,10,12).